The fourth-order valence-electron chi connectivity index (χ4n) is 1.59. The summed E-state index contributed by atoms with van der Waals surface area (Å²) in [5, 5.41) is 6.19. The number of benzene rings is 1. The van der Waals surface area contributed by atoms with E-state index in [9.17, 15) is 4.39 Å². The molecule has 2 rings (SSSR count). The molecule has 0 aliphatic rings. The van der Waals surface area contributed by atoms with E-state index in [-0.39, 0.29) is 5.82 Å². The summed E-state index contributed by atoms with van der Waals surface area (Å²) in [6, 6.07) is 4.93. The molecule has 0 spiro atoms. The van der Waals surface area contributed by atoms with Crippen molar-refractivity contribution in [2.75, 3.05) is 17.2 Å². The molecule has 0 fully saturated rings. The monoisotopic (exact) mass is 324 g/mol. The van der Waals surface area contributed by atoms with Crippen molar-refractivity contribution in [1.82, 2.24) is 9.97 Å². The number of nitrogens with one attached hydrogen (secondary N) is 2. The second-order valence-electron chi connectivity index (χ2n) is 4.00. The number of anilines is 3. The van der Waals surface area contributed by atoms with E-state index in [1.165, 1.54) is 6.07 Å². The van der Waals surface area contributed by atoms with E-state index in [0.717, 1.165) is 17.8 Å². The third kappa shape index (κ3) is 3.41. The summed E-state index contributed by atoms with van der Waals surface area (Å²) in [6.07, 6.45) is 1.67. The zero-order valence-electron chi connectivity index (χ0n) is 10.7. The van der Waals surface area contributed by atoms with Crippen LogP contribution in [0.1, 0.15) is 12.5 Å². The molecule has 0 saturated heterocycles. The predicted molar refractivity (Wildman–Crippen MR) is 78.3 cm³/mol. The Hall–Kier alpha value is -1.69. The van der Waals surface area contributed by atoms with Gasteiger partial charge in [-0.2, -0.15) is 4.98 Å². The van der Waals surface area contributed by atoms with Crippen LogP contribution in [0.25, 0.3) is 0 Å². The number of rotatable bonds is 4. The maximum atomic E-state index is 13.4. The molecule has 2 N–H and O–H groups in total. The predicted octanol–water partition coefficient (Wildman–Crippen LogP) is 3.86. The summed E-state index contributed by atoms with van der Waals surface area (Å²) in [6.45, 7) is 4.57. The van der Waals surface area contributed by atoms with E-state index in [4.69, 9.17) is 0 Å². The minimum atomic E-state index is -0.279. The molecule has 0 unspecified atom stereocenters. The molecule has 100 valence electrons. The standard InChI is InChI=1S/C13H14BrFN4/c1-3-16-13-17-5-4-12(19-13)18-11-7-9(14)10(15)6-8(11)2/h4-7H,3H2,1-2H3,(H2,16,17,18,19). The SMILES string of the molecule is CCNc1nccc(Nc2cc(Br)c(F)cc2C)n1. The summed E-state index contributed by atoms with van der Waals surface area (Å²) < 4.78 is 13.8. The second-order valence-corrected chi connectivity index (χ2v) is 4.86. The van der Waals surface area contributed by atoms with Gasteiger partial charge in [-0.15, -0.1) is 0 Å². The van der Waals surface area contributed by atoms with Crippen molar-refractivity contribution < 1.29 is 4.39 Å². The van der Waals surface area contributed by atoms with E-state index >= 15 is 0 Å². The molecule has 0 amide bonds. The first-order chi connectivity index (χ1) is 9.10. The zero-order chi connectivity index (χ0) is 13.8. The van der Waals surface area contributed by atoms with Crippen LogP contribution in [-0.4, -0.2) is 16.5 Å². The van der Waals surface area contributed by atoms with Crippen LogP contribution in [0.3, 0.4) is 0 Å². The van der Waals surface area contributed by atoms with Gasteiger partial charge in [0.2, 0.25) is 5.95 Å². The fourth-order valence-corrected chi connectivity index (χ4v) is 1.93. The Kier molecular flexibility index (Phi) is 4.31. The molecule has 0 radical (unpaired) electrons. The molecule has 1 aromatic carbocycles. The largest absolute Gasteiger partial charge is 0.354 e. The van der Waals surface area contributed by atoms with Crippen molar-refractivity contribution in [3.05, 3.63) is 40.2 Å². The van der Waals surface area contributed by atoms with Crippen molar-refractivity contribution in [2.45, 2.75) is 13.8 Å². The highest BCUT2D eigenvalue weighted by atomic mass is 79.9. The highest BCUT2D eigenvalue weighted by Crippen LogP contribution is 2.26. The molecule has 0 saturated carbocycles. The van der Waals surface area contributed by atoms with Gasteiger partial charge in [-0.3, -0.25) is 0 Å². The minimum Gasteiger partial charge on any atom is -0.354 e. The lowest BCUT2D eigenvalue weighted by Gasteiger charge is -2.11. The molecule has 1 aromatic heterocycles. The van der Waals surface area contributed by atoms with Crippen LogP contribution in [-0.2, 0) is 0 Å². The normalized spacial score (nSPS) is 10.3. The highest BCUT2D eigenvalue weighted by molar-refractivity contribution is 9.10. The second kappa shape index (κ2) is 5.97. The van der Waals surface area contributed by atoms with Crippen molar-refractivity contribution >= 4 is 33.4 Å². The van der Waals surface area contributed by atoms with Gasteiger partial charge >= 0.3 is 0 Å². The Morgan fingerprint density at radius 2 is 2.16 bits per heavy atom. The third-order valence-corrected chi connectivity index (χ3v) is 3.13. The summed E-state index contributed by atoms with van der Waals surface area (Å²) >= 11 is 3.17. The van der Waals surface area contributed by atoms with Crippen LogP contribution in [0, 0.1) is 12.7 Å². The fraction of sp³-hybridized carbons (Fsp3) is 0.231. The first kappa shape index (κ1) is 13.7. The topological polar surface area (TPSA) is 49.8 Å². The number of aryl methyl sites for hydroxylation is 1. The first-order valence-electron chi connectivity index (χ1n) is 5.89. The molecule has 2 aromatic rings. The van der Waals surface area contributed by atoms with Crippen molar-refractivity contribution in [3.8, 4) is 0 Å². The molecule has 6 heteroatoms. The lowest BCUT2D eigenvalue weighted by molar-refractivity contribution is 0.620. The van der Waals surface area contributed by atoms with E-state index in [1.54, 1.807) is 18.3 Å². The molecular formula is C13H14BrFN4. The smallest absolute Gasteiger partial charge is 0.224 e. The third-order valence-electron chi connectivity index (χ3n) is 2.52. The van der Waals surface area contributed by atoms with E-state index in [1.807, 2.05) is 13.8 Å². The molecule has 4 nitrogen and oxygen atoms in total. The summed E-state index contributed by atoms with van der Waals surface area (Å²) in [5.41, 5.74) is 1.61. The molecule has 0 aliphatic carbocycles. The van der Waals surface area contributed by atoms with Crippen LogP contribution in [0.4, 0.5) is 21.8 Å². The maximum Gasteiger partial charge on any atom is 0.224 e. The van der Waals surface area contributed by atoms with Gasteiger partial charge in [0, 0.05) is 18.4 Å². The molecule has 0 bridgehead atoms. The Morgan fingerprint density at radius 1 is 1.37 bits per heavy atom. The van der Waals surface area contributed by atoms with Gasteiger partial charge in [-0.05, 0) is 53.5 Å². The van der Waals surface area contributed by atoms with E-state index in [0.29, 0.717) is 16.2 Å². The van der Waals surface area contributed by atoms with Crippen LogP contribution < -0.4 is 10.6 Å². The Bertz CT molecular complexity index is 589. The number of aromatic nitrogens is 2. The zero-order valence-corrected chi connectivity index (χ0v) is 12.3. The molecule has 0 atom stereocenters. The molecule has 1 heterocycles. The van der Waals surface area contributed by atoms with Gasteiger partial charge in [0.05, 0.1) is 4.47 Å². The van der Waals surface area contributed by atoms with E-state index < -0.39 is 0 Å². The average molecular weight is 325 g/mol. The Balaban J connectivity index is 2.25. The summed E-state index contributed by atoms with van der Waals surface area (Å²) in [7, 11) is 0. The van der Waals surface area contributed by atoms with Gasteiger partial charge in [0.25, 0.3) is 0 Å². The van der Waals surface area contributed by atoms with Crippen molar-refractivity contribution in [2.24, 2.45) is 0 Å². The highest BCUT2D eigenvalue weighted by Gasteiger charge is 2.06. The molecule has 19 heavy (non-hydrogen) atoms. The van der Waals surface area contributed by atoms with Gasteiger partial charge in [-0.25, -0.2) is 9.37 Å². The van der Waals surface area contributed by atoms with Gasteiger partial charge in [-0.1, -0.05) is 0 Å². The molecule has 0 aliphatic heterocycles. The lowest BCUT2D eigenvalue weighted by atomic mass is 10.2. The van der Waals surface area contributed by atoms with Gasteiger partial charge < -0.3 is 10.6 Å². The maximum absolute atomic E-state index is 13.4. The van der Waals surface area contributed by atoms with Crippen molar-refractivity contribution in [1.29, 1.82) is 0 Å². The number of hydrogen-bond donors (Lipinski definition) is 2. The number of hydrogen-bond acceptors (Lipinski definition) is 4. The van der Waals surface area contributed by atoms with Gasteiger partial charge in [0.15, 0.2) is 0 Å². The van der Waals surface area contributed by atoms with Crippen LogP contribution in [0.15, 0.2) is 28.9 Å². The summed E-state index contributed by atoms with van der Waals surface area (Å²) in [4.78, 5) is 8.40. The Labute approximate surface area is 119 Å². The van der Waals surface area contributed by atoms with Gasteiger partial charge in [0.1, 0.15) is 11.6 Å². The Morgan fingerprint density at radius 3 is 2.89 bits per heavy atom. The minimum absolute atomic E-state index is 0.279. The molecular weight excluding hydrogens is 311 g/mol. The van der Waals surface area contributed by atoms with Crippen molar-refractivity contribution in [3.63, 3.8) is 0 Å². The number of halogens is 2. The van der Waals surface area contributed by atoms with Crippen LogP contribution >= 0.6 is 15.9 Å². The number of nitrogens with zero attached hydrogens (tertiary/aromatic N) is 2. The van der Waals surface area contributed by atoms with Crippen LogP contribution in [0.5, 0.6) is 0 Å². The quantitative estimate of drug-likeness (QED) is 0.896. The van der Waals surface area contributed by atoms with E-state index in [2.05, 4.69) is 36.5 Å². The van der Waals surface area contributed by atoms with Crippen LogP contribution in [0.2, 0.25) is 0 Å². The average Bonchev–Trinajstić information content (AvgIpc) is 2.37. The summed E-state index contributed by atoms with van der Waals surface area (Å²) in [5.74, 6) is 0.943. The lowest BCUT2D eigenvalue weighted by Crippen LogP contribution is -2.04. The first-order valence-corrected chi connectivity index (χ1v) is 6.69.